The molecule has 1 N–H and O–H groups in total. The van der Waals surface area contributed by atoms with Crippen molar-refractivity contribution in [1.82, 2.24) is 4.90 Å². The lowest BCUT2D eigenvalue weighted by molar-refractivity contribution is -0.128. The standard InChI is InChI=1S/C23H27N3O4S/c1-15-8-7-10-17(16(15)2)25-23-26(12-13-29-3)22(28)20(31-23)14-21(27)24-18-9-5-6-11-19(18)30-4/h5-11,20H,12-14H2,1-4H3,(H,24,27). The van der Waals surface area contributed by atoms with Gasteiger partial charge in [-0.3, -0.25) is 14.5 Å². The number of hydrogen-bond donors (Lipinski definition) is 1. The number of aryl methyl sites for hydroxylation is 1. The minimum atomic E-state index is -0.546. The van der Waals surface area contributed by atoms with Gasteiger partial charge in [0.15, 0.2) is 5.17 Å². The summed E-state index contributed by atoms with van der Waals surface area (Å²) in [5.41, 5.74) is 3.59. The first kappa shape index (κ1) is 22.8. The highest BCUT2D eigenvalue weighted by Gasteiger charge is 2.39. The molecule has 1 atom stereocenters. The molecule has 1 saturated heterocycles. The van der Waals surface area contributed by atoms with Gasteiger partial charge < -0.3 is 14.8 Å². The molecule has 1 fully saturated rings. The number of para-hydroxylation sites is 2. The first-order valence-electron chi connectivity index (χ1n) is 9.99. The highest BCUT2D eigenvalue weighted by Crippen LogP contribution is 2.33. The lowest BCUT2D eigenvalue weighted by atomic mass is 10.1. The molecule has 0 aliphatic carbocycles. The molecular formula is C23H27N3O4S. The first-order chi connectivity index (χ1) is 14.9. The van der Waals surface area contributed by atoms with Crippen LogP contribution < -0.4 is 10.1 Å². The Balaban J connectivity index is 1.78. The zero-order valence-electron chi connectivity index (χ0n) is 18.2. The maximum Gasteiger partial charge on any atom is 0.242 e. The van der Waals surface area contributed by atoms with E-state index in [0.29, 0.717) is 29.8 Å². The van der Waals surface area contributed by atoms with Crippen LogP contribution in [-0.4, -0.2) is 54.5 Å². The van der Waals surface area contributed by atoms with Gasteiger partial charge in [0, 0.05) is 13.5 Å². The average molecular weight is 442 g/mol. The molecule has 31 heavy (non-hydrogen) atoms. The van der Waals surface area contributed by atoms with E-state index >= 15 is 0 Å². The zero-order valence-corrected chi connectivity index (χ0v) is 19.0. The summed E-state index contributed by atoms with van der Waals surface area (Å²) < 4.78 is 10.4. The number of amides is 2. The fraction of sp³-hybridized carbons (Fsp3) is 0.348. The van der Waals surface area contributed by atoms with Crippen molar-refractivity contribution >= 4 is 40.1 Å². The second-order valence-electron chi connectivity index (χ2n) is 7.16. The van der Waals surface area contributed by atoms with Crippen molar-refractivity contribution in [3.63, 3.8) is 0 Å². The maximum absolute atomic E-state index is 13.0. The van der Waals surface area contributed by atoms with E-state index in [1.807, 2.05) is 44.2 Å². The molecule has 1 heterocycles. The van der Waals surface area contributed by atoms with E-state index in [-0.39, 0.29) is 18.2 Å². The number of methoxy groups -OCH3 is 2. The average Bonchev–Trinajstić information content (AvgIpc) is 3.04. The highest BCUT2D eigenvalue weighted by molar-refractivity contribution is 8.15. The number of thioether (sulfide) groups is 1. The van der Waals surface area contributed by atoms with Gasteiger partial charge in [0.25, 0.3) is 0 Å². The third kappa shape index (κ3) is 5.45. The molecule has 0 bridgehead atoms. The van der Waals surface area contributed by atoms with Crippen LogP contribution in [0.3, 0.4) is 0 Å². The van der Waals surface area contributed by atoms with Crippen LogP contribution >= 0.6 is 11.8 Å². The number of nitrogens with one attached hydrogen (secondary N) is 1. The molecule has 3 rings (SSSR count). The van der Waals surface area contributed by atoms with E-state index in [4.69, 9.17) is 14.5 Å². The van der Waals surface area contributed by atoms with Gasteiger partial charge in [-0.05, 0) is 43.2 Å². The van der Waals surface area contributed by atoms with Crippen LogP contribution in [0.1, 0.15) is 17.5 Å². The number of ether oxygens (including phenoxy) is 2. The Labute approximate surface area is 186 Å². The second-order valence-corrected chi connectivity index (χ2v) is 8.33. The van der Waals surface area contributed by atoms with Gasteiger partial charge in [0.1, 0.15) is 11.0 Å². The van der Waals surface area contributed by atoms with E-state index in [9.17, 15) is 9.59 Å². The molecule has 8 heteroatoms. The lowest BCUT2D eigenvalue weighted by Crippen LogP contribution is -2.35. The van der Waals surface area contributed by atoms with Crippen LogP contribution in [0.15, 0.2) is 47.5 Å². The number of hydrogen-bond acceptors (Lipinski definition) is 6. The molecule has 7 nitrogen and oxygen atoms in total. The minimum absolute atomic E-state index is 0.0385. The van der Waals surface area contributed by atoms with Gasteiger partial charge in [-0.1, -0.05) is 36.0 Å². The van der Waals surface area contributed by atoms with E-state index in [1.165, 1.54) is 11.8 Å². The predicted molar refractivity (Wildman–Crippen MR) is 124 cm³/mol. The number of nitrogens with zero attached hydrogens (tertiary/aromatic N) is 2. The van der Waals surface area contributed by atoms with Gasteiger partial charge in [-0.2, -0.15) is 0 Å². The second kappa shape index (κ2) is 10.5. The van der Waals surface area contributed by atoms with Crippen LogP contribution in [0.25, 0.3) is 0 Å². The van der Waals surface area contributed by atoms with Crippen molar-refractivity contribution in [3.8, 4) is 5.75 Å². The Kier molecular flexibility index (Phi) is 7.70. The Morgan fingerprint density at radius 3 is 2.68 bits per heavy atom. The molecular weight excluding hydrogens is 414 g/mol. The molecule has 0 radical (unpaired) electrons. The van der Waals surface area contributed by atoms with Crippen LogP contribution in [0, 0.1) is 13.8 Å². The predicted octanol–water partition coefficient (Wildman–Crippen LogP) is 3.92. The summed E-state index contributed by atoms with van der Waals surface area (Å²) in [5, 5.41) is 2.88. The van der Waals surface area contributed by atoms with Crippen molar-refractivity contribution in [2.75, 3.05) is 32.7 Å². The number of rotatable bonds is 8. The molecule has 164 valence electrons. The van der Waals surface area contributed by atoms with Crippen molar-refractivity contribution in [3.05, 3.63) is 53.6 Å². The zero-order chi connectivity index (χ0) is 22.4. The molecule has 2 amide bonds. The van der Waals surface area contributed by atoms with Crippen molar-refractivity contribution in [1.29, 1.82) is 0 Å². The number of amidine groups is 1. The molecule has 1 unspecified atom stereocenters. The summed E-state index contributed by atoms with van der Waals surface area (Å²) in [7, 11) is 3.14. The Hall–Kier alpha value is -2.84. The lowest BCUT2D eigenvalue weighted by Gasteiger charge is -2.16. The SMILES string of the molecule is COCCN1C(=O)C(CC(=O)Nc2ccccc2OC)SC1=Nc1cccc(C)c1C. The van der Waals surface area contributed by atoms with Crippen molar-refractivity contribution in [2.24, 2.45) is 4.99 Å². The van der Waals surface area contributed by atoms with E-state index < -0.39 is 5.25 Å². The molecule has 0 spiro atoms. The summed E-state index contributed by atoms with van der Waals surface area (Å²) >= 11 is 1.31. The van der Waals surface area contributed by atoms with Gasteiger partial charge in [-0.25, -0.2) is 4.99 Å². The number of aliphatic imine (C=N–C) groups is 1. The smallest absolute Gasteiger partial charge is 0.242 e. The molecule has 2 aromatic rings. The molecule has 1 aliphatic heterocycles. The number of benzene rings is 2. The van der Waals surface area contributed by atoms with Crippen molar-refractivity contribution < 1.29 is 19.1 Å². The highest BCUT2D eigenvalue weighted by atomic mass is 32.2. The Morgan fingerprint density at radius 2 is 1.94 bits per heavy atom. The van der Waals surface area contributed by atoms with E-state index in [2.05, 4.69) is 5.32 Å². The normalized spacial score (nSPS) is 17.3. The summed E-state index contributed by atoms with van der Waals surface area (Å²) in [6.07, 6.45) is 0.0385. The topological polar surface area (TPSA) is 80.2 Å². The summed E-state index contributed by atoms with van der Waals surface area (Å²) in [6.45, 7) is 4.81. The molecule has 1 aliphatic rings. The van der Waals surface area contributed by atoms with Gasteiger partial charge in [0.2, 0.25) is 11.8 Å². The van der Waals surface area contributed by atoms with Gasteiger partial charge in [0.05, 0.1) is 31.6 Å². The quantitative estimate of drug-likeness (QED) is 0.672. The third-order valence-electron chi connectivity index (χ3n) is 5.08. The maximum atomic E-state index is 13.0. The van der Waals surface area contributed by atoms with Crippen LogP contribution in [-0.2, 0) is 14.3 Å². The molecule has 2 aromatic carbocycles. The Morgan fingerprint density at radius 1 is 1.16 bits per heavy atom. The fourth-order valence-corrected chi connectivity index (χ4v) is 4.37. The van der Waals surface area contributed by atoms with Crippen LogP contribution in [0.5, 0.6) is 5.75 Å². The number of carbonyl (C=O) groups is 2. The van der Waals surface area contributed by atoms with Gasteiger partial charge in [-0.15, -0.1) is 0 Å². The first-order valence-corrected chi connectivity index (χ1v) is 10.9. The summed E-state index contributed by atoms with van der Waals surface area (Å²) in [6, 6.07) is 13.1. The van der Waals surface area contributed by atoms with Gasteiger partial charge >= 0.3 is 0 Å². The third-order valence-corrected chi connectivity index (χ3v) is 6.26. The molecule has 0 aromatic heterocycles. The van der Waals surface area contributed by atoms with E-state index in [0.717, 1.165) is 16.8 Å². The minimum Gasteiger partial charge on any atom is -0.495 e. The van der Waals surface area contributed by atoms with Crippen LogP contribution in [0.2, 0.25) is 0 Å². The molecule has 0 saturated carbocycles. The largest absolute Gasteiger partial charge is 0.495 e. The fourth-order valence-electron chi connectivity index (χ4n) is 3.19. The van der Waals surface area contributed by atoms with E-state index in [1.54, 1.807) is 31.3 Å². The number of anilines is 1. The monoisotopic (exact) mass is 441 g/mol. The Bertz CT molecular complexity index is 993. The summed E-state index contributed by atoms with van der Waals surface area (Å²) in [4.78, 5) is 32.0. The summed E-state index contributed by atoms with van der Waals surface area (Å²) in [5.74, 6) is 0.177. The van der Waals surface area contributed by atoms with Crippen molar-refractivity contribution in [2.45, 2.75) is 25.5 Å². The van der Waals surface area contributed by atoms with Crippen LogP contribution in [0.4, 0.5) is 11.4 Å². The number of carbonyl (C=O) groups excluding carboxylic acids is 2.